The van der Waals surface area contributed by atoms with Crippen molar-refractivity contribution >= 4 is 17.5 Å². The summed E-state index contributed by atoms with van der Waals surface area (Å²) >= 11 is 0. The fourth-order valence-electron chi connectivity index (χ4n) is 1.11. The molecule has 0 amide bonds. The predicted octanol–water partition coefficient (Wildman–Crippen LogP) is -2.34. The van der Waals surface area contributed by atoms with Crippen molar-refractivity contribution in [3.8, 4) is 0 Å². The van der Waals surface area contributed by atoms with Gasteiger partial charge in [-0.25, -0.2) is 9.18 Å². The van der Waals surface area contributed by atoms with Crippen molar-refractivity contribution in [3.63, 3.8) is 0 Å². The number of benzene rings is 1. The van der Waals surface area contributed by atoms with Crippen molar-refractivity contribution in [1.29, 1.82) is 0 Å². The number of hydrogen-bond acceptors (Lipinski definition) is 4. The van der Waals surface area contributed by atoms with Gasteiger partial charge in [0.25, 0.3) is 5.78 Å². The molecule has 0 unspecified atom stereocenters. The van der Waals surface area contributed by atoms with Gasteiger partial charge in [-0.15, -0.1) is 0 Å². The largest absolute Gasteiger partial charge is 1.00 e. The van der Waals surface area contributed by atoms with E-state index in [9.17, 15) is 19.1 Å². The van der Waals surface area contributed by atoms with Gasteiger partial charge < -0.3 is 9.84 Å². The number of carbonyl (C=O) groups is 2. The van der Waals surface area contributed by atoms with Crippen LogP contribution in [0.15, 0.2) is 30.3 Å². The fourth-order valence-corrected chi connectivity index (χ4v) is 1.11. The Morgan fingerprint density at radius 3 is 2.67 bits per heavy atom. The molecule has 0 atom stereocenters. The van der Waals surface area contributed by atoms with Gasteiger partial charge in [0, 0.05) is 0 Å². The molecule has 90 valence electrons. The number of rotatable bonds is 4. The van der Waals surface area contributed by atoms with Gasteiger partial charge in [0.05, 0.1) is 6.61 Å². The van der Waals surface area contributed by atoms with Crippen LogP contribution in [0, 0.1) is 5.82 Å². The minimum atomic E-state index is -1.10. The van der Waals surface area contributed by atoms with Crippen molar-refractivity contribution in [2.45, 2.75) is 6.92 Å². The molecular weight excluding hydrogens is 250 g/mol. The summed E-state index contributed by atoms with van der Waals surface area (Å²) in [6.45, 7) is 1.59. The zero-order valence-electron chi connectivity index (χ0n) is 10.1. The van der Waals surface area contributed by atoms with E-state index in [1.165, 1.54) is 18.2 Å². The molecule has 0 saturated carbocycles. The van der Waals surface area contributed by atoms with Crippen LogP contribution in [0.25, 0.3) is 5.76 Å². The third-order valence-electron chi connectivity index (χ3n) is 1.85. The van der Waals surface area contributed by atoms with Gasteiger partial charge in [0.1, 0.15) is 5.82 Å². The van der Waals surface area contributed by atoms with E-state index in [2.05, 4.69) is 4.74 Å². The molecule has 18 heavy (non-hydrogen) atoms. The smallest absolute Gasteiger partial charge is 0.872 e. The summed E-state index contributed by atoms with van der Waals surface area (Å²) in [6, 6.07) is 4.84. The van der Waals surface area contributed by atoms with Crippen molar-refractivity contribution < 1.29 is 53.4 Å². The van der Waals surface area contributed by atoms with E-state index in [4.69, 9.17) is 0 Å². The first-order valence-corrected chi connectivity index (χ1v) is 4.90. The van der Waals surface area contributed by atoms with Crippen LogP contribution in [-0.4, -0.2) is 18.4 Å². The molecule has 0 aromatic heterocycles. The Morgan fingerprint density at radius 2 is 2.11 bits per heavy atom. The molecule has 6 heteroatoms. The fraction of sp³-hybridized carbons (Fsp3) is 0.167. The average Bonchev–Trinajstić information content (AvgIpc) is 2.29. The maximum Gasteiger partial charge on any atom is 1.00 e. The van der Waals surface area contributed by atoms with Gasteiger partial charge in [-0.2, -0.15) is 0 Å². The summed E-state index contributed by atoms with van der Waals surface area (Å²) in [5.41, 5.74) is 0.00245. The molecule has 0 heterocycles. The first-order valence-electron chi connectivity index (χ1n) is 4.90. The summed E-state index contributed by atoms with van der Waals surface area (Å²) in [5, 5.41) is 11.5. The maximum atomic E-state index is 12.8. The molecule has 0 aliphatic heterocycles. The summed E-state index contributed by atoms with van der Waals surface area (Å²) in [4.78, 5) is 22.1. The van der Waals surface area contributed by atoms with E-state index >= 15 is 0 Å². The van der Waals surface area contributed by atoms with E-state index in [0.29, 0.717) is 6.08 Å². The molecule has 0 aliphatic carbocycles. The third-order valence-corrected chi connectivity index (χ3v) is 1.85. The number of esters is 1. The number of ether oxygens (including phenoxy) is 1. The van der Waals surface area contributed by atoms with Gasteiger partial charge in [-0.1, -0.05) is 17.9 Å². The molecule has 4 nitrogen and oxygen atoms in total. The van der Waals surface area contributed by atoms with E-state index in [0.717, 1.165) is 6.07 Å². The van der Waals surface area contributed by atoms with Crippen LogP contribution in [0.4, 0.5) is 4.39 Å². The summed E-state index contributed by atoms with van der Waals surface area (Å²) in [5.74, 6) is -3.48. The number of carbonyl (C=O) groups excluding carboxylic acids is 2. The molecule has 0 spiro atoms. The van der Waals surface area contributed by atoms with Crippen LogP contribution in [-0.2, 0) is 14.3 Å². The second-order valence-electron chi connectivity index (χ2n) is 3.10. The number of halogens is 1. The van der Waals surface area contributed by atoms with Gasteiger partial charge in [-0.3, -0.25) is 4.79 Å². The van der Waals surface area contributed by atoms with Crippen molar-refractivity contribution in [1.82, 2.24) is 0 Å². The monoisotopic (exact) mass is 260 g/mol. The molecule has 1 rings (SSSR count). The van der Waals surface area contributed by atoms with Crippen molar-refractivity contribution in [3.05, 3.63) is 41.7 Å². The Bertz CT molecular complexity index is 471. The molecule has 0 saturated heterocycles. The Hall–Kier alpha value is -1.17. The zero-order chi connectivity index (χ0) is 12.8. The quantitative estimate of drug-likeness (QED) is 0.200. The summed E-state index contributed by atoms with van der Waals surface area (Å²) in [6.07, 6.45) is 0.590. The van der Waals surface area contributed by atoms with E-state index in [1.807, 2.05) is 0 Å². The molecular formula is C12H10FNaO4. The van der Waals surface area contributed by atoms with E-state index < -0.39 is 23.3 Å². The van der Waals surface area contributed by atoms with Crippen molar-refractivity contribution in [2.24, 2.45) is 0 Å². The number of ketones is 1. The Kier molecular flexibility index (Phi) is 7.50. The summed E-state index contributed by atoms with van der Waals surface area (Å²) < 4.78 is 17.2. The Labute approximate surface area is 126 Å². The van der Waals surface area contributed by atoms with Crippen LogP contribution >= 0.6 is 0 Å². The van der Waals surface area contributed by atoms with Crippen LogP contribution in [0.1, 0.15) is 12.5 Å². The Balaban J connectivity index is 0.00000289. The molecule has 1 aromatic carbocycles. The van der Waals surface area contributed by atoms with Crippen LogP contribution in [0.3, 0.4) is 0 Å². The van der Waals surface area contributed by atoms with Gasteiger partial charge in [0.2, 0.25) is 0 Å². The standard InChI is InChI=1S/C12H11FO4.Na/c1-2-17-12(16)11(15)7-10(14)8-4-3-5-9(13)6-8;/h3-7,14H,2H2,1H3;/q;+1/p-1/b10-7-;. The topological polar surface area (TPSA) is 66.4 Å². The number of hydrogen-bond donors (Lipinski definition) is 0. The van der Waals surface area contributed by atoms with E-state index in [1.54, 1.807) is 6.92 Å². The zero-order valence-corrected chi connectivity index (χ0v) is 12.1. The van der Waals surface area contributed by atoms with Gasteiger partial charge in [0.15, 0.2) is 0 Å². The molecule has 0 aliphatic rings. The molecule has 0 fully saturated rings. The van der Waals surface area contributed by atoms with E-state index in [-0.39, 0.29) is 41.7 Å². The first-order chi connectivity index (χ1) is 8.04. The molecule has 0 bridgehead atoms. The SMILES string of the molecule is CCOC(=O)C(=O)/C=C(\[O-])c1cccc(F)c1.[Na+]. The Morgan fingerprint density at radius 1 is 1.44 bits per heavy atom. The molecule has 0 radical (unpaired) electrons. The molecule has 0 N–H and O–H groups in total. The van der Waals surface area contributed by atoms with Gasteiger partial charge >= 0.3 is 35.5 Å². The minimum absolute atomic E-state index is 0. The molecule has 1 aromatic rings. The van der Waals surface area contributed by atoms with Crippen LogP contribution in [0.5, 0.6) is 0 Å². The van der Waals surface area contributed by atoms with Crippen LogP contribution < -0.4 is 34.7 Å². The van der Waals surface area contributed by atoms with Crippen LogP contribution in [0.2, 0.25) is 0 Å². The van der Waals surface area contributed by atoms with Crippen molar-refractivity contribution in [2.75, 3.05) is 6.61 Å². The van der Waals surface area contributed by atoms with Gasteiger partial charge in [-0.05, 0) is 30.7 Å². The first kappa shape index (κ1) is 16.8. The third kappa shape index (κ3) is 5.00. The maximum absolute atomic E-state index is 12.8. The second-order valence-corrected chi connectivity index (χ2v) is 3.10. The normalized spacial score (nSPS) is 10.4. The second kappa shape index (κ2) is 8.02. The average molecular weight is 260 g/mol. The predicted molar refractivity (Wildman–Crippen MR) is 56.0 cm³/mol. The summed E-state index contributed by atoms with van der Waals surface area (Å²) in [7, 11) is 0. The minimum Gasteiger partial charge on any atom is -0.872 e.